The molecule has 1 heterocycles. The van der Waals surface area contributed by atoms with Crippen LogP contribution in [-0.4, -0.2) is 49.4 Å². The molecule has 6 heteroatoms. The second kappa shape index (κ2) is 9.46. The Hall–Kier alpha value is -2.73. The molecule has 0 unspecified atom stereocenters. The molecule has 0 aliphatic carbocycles. The summed E-state index contributed by atoms with van der Waals surface area (Å²) < 4.78 is 13.3. The minimum absolute atomic E-state index is 0.00422. The van der Waals surface area contributed by atoms with E-state index in [1.807, 2.05) is 24.3 Å². The van der Waals surface area contributed by atoms with Gasteiger partial charge in [-0.25, -0.2) is 4.39 Å². The number of aryl methyl sites for hydroxylation is 1. The van der Waals surface area contributed by atoms with E-state index in [1.165, 1.54) is 17.0 Å². The van der Waals surface area contributed by atoms with Gasteiger partial charge in [-0.15, -0.1) is 0 Å². The molecule has 0 atom stereocenters. The fourth-order valence-electron chi connectivity index (χ4n) is 3.55. The van der Waals surface area contributed by atoms with E-state index >= 15 is 0 Å². The van der Waals surface area contributed by atoms with Crippen LogP contribution < -0.4 is 10.2 Å². The molecule has 0 radical (unpaired) electrons. The first-order valence-corrected chi connectivity index (χ1v) is 9.78. The summed E-state index contributed by atoms with van der Waals surface area (Å²) in [5, 5.41) is 3.00. The number of rotatable bonds is 6. The Balaban J connectivity index is 1.46. The molecular formula is C22H27FN3O2+. The van der Waals surface area contributed by atoms with Crippen molar-refractivity contribution in [2.75, 3.05) is 38.0 Å². The quantitative estimate of drug-likeness (QED) is 0.789. The van der Waals surface area contributed by atoms with E-state index in [0.717, 1.165) is 30.8 Å². The van der Waals surface area contributed by atoms with Gasteiger partial charge in [-0.2, -0.15) is 0 Å². The lowest BCUT2D eigenvalue weighted by Gasteiger charge is -2.32. The van der Waals surface area contributed by atoms with Gasteiger partial charge in [0.1, 0.15) is 5.82 Å². The van der Waals surface area contributed by atoms with Crippen LogP contribution >= 0.6 is 0 Å². The van der Waals surface area contributed by atoms with Gasteiger partial charge in [0.25, 0.3) is 5.91 Å². The van der Waals surface area contributed by atoms with Gasteiger partial charge in [0.2, 0.25) is 5.91 Å². The summed E-state index contributed by atoms with van der Waals surface area (Å²) in [5.41, 5.74) is 2.69. The molecule has 3 rings (SSSR count). The van der Waals surface area contributed by atoms with Gasteiger partial charge in [0, 0.05) is 5.69 Å². The van der Waals surface area contributed by atoms with E-state index in [0.29, 0.717) is 25.2 Å². The minimum Gasteiger partial charge on any atom is -0.331 e. The topological polar surface area (TPSA) is 53.9 Å². The zero-order valence-corrected chi connectivity index (χ0v) is 16.2. The van der Waals surface area contributed by atoms with Crippen molar-refractivity contribution in [1.29, 1.82) is 0 Å². The second-order valence-electron chi connectivity index (χ2n) is 7.17. The number of amides is 2. The number of quaternary nitrogens is 1. The lowest BCUT2D eigenvalue weighted by molar-refractivity contribution is -0.895. The molecule has 2 aromatic carbocycles. The maximum atomic E-state index is 13.3. The van der Waals surface area contributed by atoms with Crippen molar-refractivity contribution in [2.24, 2.45) is 0 Å². The normalized spacial score (nSPS) is 14.7. The van der Waals surface area contributed by atoms with E-state index in [1.54, 1.807) is 17.0 Å². The maximum Gasteiger partial charge on any atom is 0.279 e. The Bertz CT molecular complexity index is 832. The standard InChI is InChI=1S/C22H26FN3O2/c1-2-18-7-3-4-9-20(18)24-21(27)16-25-10-12-26(13-11-25)22(28)15-17-6-5-8-19(23)14-17/h3-9,14H,2,10-13,15-16H2,1H3,(H,24,27)/p+1. The summed E-state index contributed by atoms with van der Waals surface area (Å²) in [6.45, 7) is 5.15. The van der Waals surface area contributed by atoms with Gasteiger partial charge in [-0.05, 0) is 35.7 Å². The highest BCUT2D eigenvalue weighted by molar-refractivity contribution is 5.92. The molecule has 0 spiro atoms. The van der Waals surface area contributed by atoms with E-state index < -0.39 is 0 Å². The Morgan fingerprint density at radius 3 is 2.57 bits per heavy atom. The molecule has 1 aliphatic rings. The molecule has 28 heavy (non-hydrogen) atoms. The van der Waals surface area contributed by atoms with E-state index in [9.17, 15) is 14.0 Å². The third kappa shape index (κ3) is 5.39. The molecule has 2 amide bonds. The highest BCUT2D eigenvalue weighted by atomic mass is 19.1. The third-order valence-electron chi connectivity index (χ3n) is 5.15. The van der Waals surface area contributed by atoms with Crippen molar-refractivity contribution >= 4 is 17.5 Å². The van der Waals surface area contributed by atoms with E-state index in [-0.39, 0.29) is 24.1 Å². The van der Waals surface area contributed by atoms with Crippen LogP contribution in [0, 0.1) is 5.82 Å². The van der Waals surface area contributed by atoms with Crippen LogP contribution in [0.4, 0.5) is 10.1 Å². The summed E-state index contributed by atoms with van der Waals surface area (Å²) in [5.74, 6) is -0.323. The van der Waals surface area contributed by atoms with Crippen molar-refractivity contribution < 1.29 is 18.9 Å². The van der Waals surface area contributed by atoms with Crippen molar-refractivity contribution in [3.8, 4) is 0 Å². The van der Waals surface area contributed by atoms with Crippen LogP contribution in [0.1, 0.15) is 18.1 Å². The number of para-hydroxylation sites is 1. The predicted octanol–water partition coefficient (Wildman–Crippen LogP) is 1.30. The maximum absolute atomic E-state index is 13.3. The molecule has 148 valence electrons. The number of nitrogens with zero attached hydrogens (tertiary/aromatic N) is 1. The Labute approximate surface area is 165 Å². The zero-order chi connectivity index (χ0) is 19.9. The molecule has 2 N–H and O–H groups in total. The van der Waals surface area contributed by atoms with Gasteiger partial charge in [0.15, 0.2) is 6.54 Å². The third-order valence-corrected chi connectivity index (χ3v) is 5.15. The molecule has 1 fully saturated rings. The number of carbonyl (C=O) groups is 2. The molecule has 0 saturated carbocycles. The molecule has 1 aliphatic heterocycles. The summed E-state index contributed by atoms with van der Waals surface area (Å²) >= 11 is 0. The van der Waals surface area contributed by atoms with Gasteiger partial charge < -0.3 is 15.1 Å². The molecular weight excluding hydrogens is 357 g/mol. The molecule has 2 aromatic rings. The number of hydrogen-bond acceptors (Lipinski definition) is 2. The summed E-state index contributed by atoms with van der Waals surface area (Å²) in [6.07, 6.45) is 1.08. The van der Waals surface area contributed by atoms with Crippen molar-refractivity contribution in [3.63, 3.8) is 0 Å². The van der Waals surface area contributed by atoms with E-state index in [2.05, 4.69) is 12.2 Å². The van der Waals surface area contributed by atoms with Crippen LogP contribution in [0.15, 0.2) is 48.5 Å². The monoisotopic (exact) mass is 384 g/mol. The first kappa shape index (κ1) is 20.0. The number of hydrogen-bond donors (Lipinski definition) is 2. The second-order valence-corrected chi connectivity index (χ2v) is 7.17. The number of nitrogens with one attached hydrogen (secondary N) is 2. The summed E-state index contributed by atoms with van der Waals surface area (Å²) in [4.78, 5) is 27.8. The number of anilines is 1. The minimum atomic E-state index is -0.324. The number of piperazine rings is 1. The van der Waals surface area contributed by atoms with Gasteiger partial charge in [-0.1, -0.05) is 37.3 Å². The van der Waals surface area contributed by atoms with Crippen LogP contribution in [0.25, 0.3) is 0 Å². The first-order valence-electron chi connectivity index (χ1n) is 9.78. The van der Waals surface area contributed by atoms with Crippen molar-refractivity contribution in [2.45, 2.75) is 19.8 Å². The highest BCUT2D eigenvalue weighted by Crippen LogP contribution is 2.14. The fourth-order valence-corrected chi connectivity index (χ4v) is 3.55. The Morgan fingerprint density at radius 1 is 1.11 bits per heavy atom. The highest BCUT2D eigenvalue weighted by Gasteiger charge is 2.25. The van der Waals surface area contributed by atoms with Crippen molar-refractivity contribution in [1.82, 2.24) is 4.90 Å². The molecule has 0 bridgehead atoms. The summed E-state index contributed by atoms with van der Waals surface area (Å²) in [7, 11) is 0. The van der Waals surface area contributed by atoms with E-state index in [4.69, 9.17) is 0 Å². The smallest absolute Gasteiger partial charge is 0.279 e. The first-order chi connectivity index (χ1) is 13.5. The van der Waals surface area contributed by atoms with Crippen LogP contribution in [0.2, 0.25) is 0 Å². The Kier molecular flexibility index (Phi) is 6.76. The largest absolute Gasteiger partial charge is 0.331 e. The molecule has 5 nitrogen and oxygen atoms in total. The number of halogens is 1. The zero-order valence-electron chi connectivity index (χ0n) is 16.2. The molecule has 1 saturated heterocycles. The Morgan fingerprint density at radius 2 is 1.86 bits per heavy atom. The number of benzene rings is 2. The van der Waals surface area contributed by atoms with Crippen LogP contribution in [-0.2, 0) is 22.4 Å². The lowest BCUT2D eigenvalue weighted by atomic mass is 10.1. The molecule has 0 aromatic heterocycles. The number of carbonyl (C=O) groups excluding carboxylic acids is 2. The van der Waals surface area contributed by atoms with Crippen LogP contribution in [0.5, 0.6) is 0 Å². The average Bonchev–Trinajstić information content (AvgIpc) is 2.69. The lowest BCUT2D eigenvalue weighted by Crippen LogP contribution is -3.15. The average molecular weight is 384 g/mol. The van der Waals surface area contributed by atoms with Crippen molar-refractivity contribution in [3.05, 3.63) is 65.5 Å². The predicted molar refractivity (Wildman–Crippen MR) is 107 cm³/mol. The fraction of sp³-hybridized carbons (Fsp3) is 0.364. The van der Waals surface area contributed by atoms with Gasteiger partial charge in [0.05, 0.1) is 32.6 Å². The van der Waals surface area contributed by atoms with Gasteiger partial charge >= 0.3 is 0 Å². The summed E-state index contributed by atoms with van der Waals surface area (Å²) in [6, 6.07) is 14.0. The van der Waals surface area contributed by atoms with Gasteiger partial charge in [-0.3, -0.25) is 9.59 Å². The van der Waals surface area contributed by atoms with Crippen LogP contribution in [0.3, 0.4) is 0 Å². The SMILES string of the molecule is CCc1ccccc1NC(=O)C[NH+]1CCN(C(=O)Cc2cccc(F)c2)CC1.